The van der Waals surface area contributed by atoms with Gasteiger partial charge in [0.05, 0.1) is 24.1 Å². The Labute approximate surface area is 165 Å². The molecule has 0 N–H and O–H groups in total. The number of halogens is 1. The van der Waals surface area contributed by atoms with Gasteiger partial charge in [-0.1, -0.05) is 17.8 Å². The average molecular weight is 406 g/mol. The molecule has 3 aromatic rings. The quantitative estimate of drug-likeness (QED) is 0.408. The number of rotatable bonds is 8. The SMILES string of the molecule is Fc1ccc(OCCSc2nnc(-c3cccs3)n2CC2CCCO2)cc1. The minimum Gasteiger partial charge on any atom is -0.493 e. The largest absolute Gasteiger partial charge is 0.493 e. The van der Waals surface area contributed by atoms with Gasteiger partial charge in [-0.15, -0.1) is 21.5 Å². The first-order valence-corrected chi connectivity index (χ1v) is 10.8. The Hall–Kier alpha value is -1.90. The van der Waals surface area contributed by atoms with Crippen LogP contribution >= 0.6 is 23.1 Å². The fourth-order valence-corrected chi connectivity index (χ4v) is 4.45. The number of ether oxygens (including phenoxy) is 2. The molecule has 0 aliphatic carbocycles. The van der Waals surface area contributed by atoms with Crippen molar-refractivity contribution in [2.24, 2.45) is 0 Å². The maximum absolute atomic E-state index is 12.9. The highest BCUT2D eigenvalue weighted by molar-refractivity contribution is 7.99. The second-order valence-electron chi connectivity index (χ2n) is 6.18. The van der Waals surface area contributed by atoms with E-state index in [0.29, 0.717) is 12.4 Å². The van der Waals surface area contributed by atoms with Gasteiger partial charge < -0.3 is 9.47 Å². The molecule has 1 aromatic carbocycles. The number of thioether (sulfide) groups is 1. The Balaban J connectivity index is 1.41. The summed E-state index contributed by atoms with van der Waals surface area (Å²) in [5.74, 6) is 2.02. The summed E-state index contributed by atoms with van der Waals surface area (Å²) in [6.45, 7) is 2.11. The lowest BCUT2D eigenvalue weighted by Crippen LogP contribution is -2.16. The fraction of sp³-hybridized carbons (Fsp3) is 0.368. The Morgan fingerprint density at radius 3 is 2.89 bits per heavy atom. The Kier molecular flexibility index (Phi) is 6.06. The van der Waals surface area contributed by atoms with Gasteiger partial charge in [0.1, 0.15) is 11.6 Å². The van der Waals surface area contributed by atoms with Crippen LogP contribution in [0.3, 0.4) is 0 Å². The van der Waals surface area contributed by atoms with Crippen LogP contribution in [0.4, 0.5) is 4.39 Å². The smallest absolute Gasteiger partial charge is 0.191 e. The standard InChI is InChI=1S/C19H20FN3O2S2/c20-14-5-7-15(8-6-14)25-10-12-27-19-22-21-18(17-4-2-11-26-17)23(19)13-16-3-1-9-24-16/h2,4-8,11,16H,1,3,9-10,12-13H2. The fourth-order valence-electron chi connectivity index (χ4n) is 2.96. The van der Waals surface area contributed by atoms with E-state index in [0.717, 1.165) is 47.6 Å². The third-order valence-electron chi connectivity index (χ3n) is 4.27. The van der Waals surface area contributed by atoms with Gasteiger partial charge in [0.2, 0.25) is 0 Å². The first-order valence-electron chi connectivity index (χ1n) is 8.89. The van der Waals surface area contributed by atoms with Gasteiger partial charge in [-0.25, -0.2) is 4.39 Å². The van der Waals surface area contributed by atoms with Crippen molar-refractivity contribution < 1.29 is 13.9 Å². The summed E-state index contributed by atoms with van der Waals surface area (Å²) in [7, 11) is 0. The number of hydrogen-bond donors (Lipinski definition) is 0. The minimum atomic E-state index is -0.264. The average Bonchev–Trinajstić information content (AvgIpc) is 3.43. The summed E-state index contributed by atoms with van der Waals surface area (Å²) >= 11 is 3.27. The van der Waals surface area contributed by atoms with Gasteiger partial charge in [-0.05, 0) is 48.6 Å². The highest BCUT2D eigenvalue weighted by atomic mass is 32.2. The highest BCUT2D eigenvalue weighted by Gasteiger charge is 2.22. The molecule has 0 amide bonds. The van der Waals surface area contributed by atoms with Gasteiger partial charge in [0.15, 0.2) is 11.0 Å². The number of aromatic nitrogens is 3. The molecule has 1 unspecified atom stereocenters. The van der Waals surface area contributed by atoms with Crippen LogP contribution in [-0.2, 0) is 11.3 Å². The van der Waals surface area contributed by atoms with Crippen LogP contribution in [-0.4, -0.2) is 39.8 Å². The Bertz CT molecular complexity index is 846. The van der Waals surface area contributed by atoms with Crippen LogP contribution in [0.15, 0.2) is 46.9 Å². The van der Waals surface area contributed by atoms with E-state index in [4.69, 9.17) is 9.47 Å². The van der Waals surface area contributed by atoms with Crippen molar-refractivity contribution in [2.75, 3.05) is 19.0 Å². The predicted octanol–water partition coefficient (Wildman–Crippen LogP) is 4.50. The lowest BCUT2D eigenvalue weighted by atomic mass is 10.2. The van der Waals surface area contributed by atoms with E-state index in [-0.39, 0.29) is 11.9 Å². The number of nitrogens with zero attached hydrogens (tertiary/aromatic N) is 3. The number of hydrogen-bond acceptors (Lipinski definition) is 6. The third-order valence-corrected chi connectivity index (χ3v) is 6.06. The molecule has 0 bridgehead atoms. The second-order valence-corrected chi connectivity index (χ2v) is 8.19. The number of thiophene rings is 1. The molecule has 1 aliphatic heterocycles. The molecule has 142 valence electrons. The van der Waals surface area contributed by atoms with Crippen LogP contribution in [0.2, 0.25) is 0 Å². The molecule has 1 saturated heterocycles. The van der Waals surface area contributed by atoms with Crippen molar-refractivity contribution in [1.82, 2.24) is 14.8 Å². The molecule has 8 heteroatoms. The van der Waals surface area contributed by atoms with E-state index in [9.17, 15) is 4.39 Å². The molecule has 2 aromatic heterocycles. The summed E-state index contributed by atoms with van der Waals surface area (Å²) in [6.07, 6.45) is 2.39. The summed E-state index contributed by atoms with van der Waals surface area (Å²) < 4.78 is 26.6. The molecule has 3 heterocycles. The zero-order chi connectivity index (χ0) is 18.5. The zero-order valence-electron chi connectivity index (χ0n) is 14.7. The van der Waals surface area contributed by atoms with E-state index in [1.807, 2.05) is 11.4 Å². The third kappa shape index (κ3) is 4.69. The molecule has 5 nitrogen and oxygen atoms in total. The topological polar surface area (TPSA) is 49.2 Å². The minimum absolute atomic E-state index is 0.217. The molecule has 0 radical (unpaired) electrons. The van der Waals surface area contributed by atoms with Crippen molar-refractivity contribution in [3.8, 4) is 16.5 Å². The second kappa shape index (κ2) is 8.86. The molecule has 0 spiro atoms. The summed E-state index contributed by atoms with van der Waals surface area (Å²) in [5, 5.41) is 11.7. The van der Waals surface area contributed by atoms with Crippen LogP contribution in [0.1, 0.15) is 12.8 Å². The van der Waals surface area contributed by atoms with E-state index in [2.05, 4.69) is 20.8 Å². The Morgan fingerprint density at radius 1 is 1.26 bits per heavy atom. The maximum Gasteiger partial charge on any atom is 0.191 e. The van der Waals surface area contributed by atoms with Crippen molar-refractivity contribution in [1.29, 1.82) is 0 Å². The van der Waals surface area contributed by atoms with Gasteiger partial charge in [-0.2, -0.15) is 0 Å². The monoisotopic (exact) mass is 405 g/mol. The van der Waals surface area contributed by atoms with E-state index in [1.54, 1.807) is 35.2 Å². The molecule has 0 saturated carbocycles. The molecule has 1 aliphatic rings. The van der Waals surface area contributed by atoms with Gasteiger partial charge in [0.25, 0.3) is 0 Å². The van der Waals surface area contributed by atoms with Crippen molar-refractivity contribution in [2.45, 2.75) is 30.6 Å². The van der Waals surface area contributed by atoms with Crippen LogP contribution in [0, 0.1) is 5.82 Å². The molecular weight excluding hydrogens is 385 g/mol. The molecule has 4 rings (SSSR count). The van der Waals surface area contributed by atoms with Gasteiger partial charge in [0, 0.05) is 12.4 Å². The van der Waals surface area contributed by atoms with Crippen LogP contribution < -0.4 is 4.74 Å². The van der Waals surface area contributed by atoms with Crippen molar-refractivity contribution in [3.63, 3.8) is 0 Å². The van der Waals surface area contributed by atoms with Gasteiger partial charge >= 0.3 is 0 Å². The summed E-state index contributed by atoms with van der Waals surface area (Å²) in [4.78, 5) is 1.11. The first-order chi connectivity index (χ1) is 13.3. The normalized spacial score (nSPS) is 16.7. The summed E-state index contributed by atoms with van der Waals surface area (Å²) in [6, 6.07) is 10.1. The van der Waals surface area contributed by atoms with E-state index < -0.39 is 0 Å². The molecule has 1 atom stereocenters. The van der Waals surface area contributed by atoms with Crippen LogP contribution in [0.5, 0.6) is 5.75 Å². The molecule has 1 fully saturated rings. The summed E-state index contributed by atoms with van der Waals surface area (Å²) in [5.41, 5.74) is 0. The maximum atomic E-state index is 12.9. The zero-order valence-corrected chi connectivity index (χ0v) is 16.3. The molecular formula is C19H20FN3O2S2. The molecule has 27 heavy (non-hydrogen) atoms. The van der Waals surface area contributed by atoms with E-state index >= 15 is 0 Å². The Morgan fingerprint density at radius 2 is 2.15 bits per heavy atom. The first kappa shape index (κ1) is 18.5. The lowest BCUT2D eigenvalue weighted by molar-refractivity contribution is 0.0953. The van der Waals surface area contributed by atoms with E-state index in [1.165, 1.54) is 12.1 Å². The predicted molar refractivity (Wildman–Crippen MR) is 105 cm³/mol. The number of benzene rings is 1. The van der Waals surface area contributed by atoms with Gasteiger partial charge in [-0.3, -0.25) is 4.57 Å². The lowest BCUT2D eigenvalue weighted by Gasteiger charge is -2.14. The van der Waals surface area contributed by atoms with Crippen molar-refractivity contribution >= 4 is 23.1 Å². The highest BCUT2D eigenvalue weighted by Crippen LogP contribution is 2.29. The van der Waals surface area contributed by atoms with Crippen LogP contribution in [0.25, 0.3) is 10.7 Å². The van der Waals surface area contributed by atoms with Crippen molar-refractivity contribution in [3.05, 3.63) is 47.6 Å².